The van der Waals surface area contributed by atoms with Crippen LogP contribution < -0.4 is 26.0 Å². The molecule has 0 aliphatic carbocycles. The number of halogens is 1. The van der Waals surface area contributed by atoms with Gasteiger partial charge in [-0.2, -0.15) is 0 Å². The molecule has 2 heterocycles. The van der Waals surface area contributed by atoms with Crippen LogP contribution in [-0.4, -0.2) is 15.9 Å². The molecule has 0 atom stereocenters. The number of hydrogen-bond donors (Lipinski definition) is 1. The Morgan fingerprint density at radius 3 is 2.53 bits per heavy atom. The van der Waals surface area contributed by atoms with Gasteiger partial charge in [-0.1, -0.05) is 42.4 Å². The highest BCUT2D eigenvalue weighted by Crippen LogP contribution is 2.32. The lowest BCUT2D eigenvalue weighted by Gasteiger charge is -2.14. The number of nitrogens with zero attached hydrogens (tertiary/aromatic N) is 2. The molecular weight excluding hydrogens is 454 g/mol. The predicted molar refractivity (Wildman–Crippen MR) is 132 cm³/mol. The van der Waals surface area contributed by atoms with Crippen LogP contribution in [0.15, 0.2) is 76.8 Å². The monoisotopic (exact) mass is 475 g/mol. The third-order valence-corrected chi connectivity index (χ3v) is 6.15. The van der Waals surface area contributed by atoms with Crippen LogP contribution in [-0.2, 0) is 20.1 Å². The first-order valence-electron chi connectivity index (χ1n) is 10.7. The zero-order valence-electron chi connectivity index (χ0n) is 18.5. The molecule has 34 heavy (non-hydrogen) atoms. The van der Waals surface area contributed by atoms with Gasteiger partial charge in [-0.15, -0.1) is 0 Å². The van der Waals surface area contributed by atoms with Crippen molar-refractivity contribution in [2.45, 2.75) is 13.1 Å². The van der Waals surface area contributed by atoms with E-state index < -0.39 is 0 Å². The van der Waals surface area contributed by atoms with Gasteiger partial charge in [0.15, 0.2) is 11.5 Å². The van der Waals surface area contributed by atoms with Gasteiger partial charge in [-0.25, -0.2) is 4.79 Å². The van der Waals surface area contributed by atoms with E-state index in [1.807, 2.05) is 24.3 Å². The van der Waals surface area contributed by atoms with Crippen molar-refractivity contribution in [3.8, 4) is 11.5 Å². The molecule has 0 saturated carbocycles. The maximum Gasteiger partial charge on any atom is 0.331 e. The van der Waals surface area contributed by atoms with Crippen molar-refractivity contribution in [3.05, 3.63) is 110 Å². The number of rotatable bonds is 6. The number of aromatic nitrogens is 2. The Morgan fingerprint density at radius 1 is 1.00 bits per heavy atom. The zero-order chi connectivity index (χ0) is 23.8. The summed E-state index contributed by atoms with van der Waals surface area (Å²) >= 11 is 5.96. The van der Waals surface area contributed by atoms with Gasteiger partial charge in [0.1, 0.15) is 0 Å². The van der Waals surface area contributed by atoms with Gasteiger partial charge in [-0.05, 0) is 53.1 Å². The number of ether oxygens (including phenoxy) is 2. The molecule has 3 aromatic carbocycles. The highest BCUT2D eigenvalue weighted by molar-refractivity contribution is 6.30. The maximum absolute atomic E-state index is 13.3. The molecule has 1 aliphatic heterocycles. The van der Waals surface area contributed by atoms with E-state index in [-0.39, 0.29) is 24.6 Å². The largest absolute Gasteiger partial charge is 0.454 e. The first-order valence-corrected chi connectivity index (χ1v) is 11.1. The molecule has 5 rings (SSSR count). The van der Waals surface area contributed by atoms with Gasteiger partial charge in [0.25, 0.3) is 5.56 Å². The second-order valence-corrected chi connectivity index (χ2v) is 8.55. The maximum atomic E-state index is 13.3. The van der Waals surface area contributed by atoms with Gasteiger partial charge in [-0.3, -0.25) is 13.9 Å². The molecular formula is C26H22ClN3O4. The van der Waals surface area contributed by atoms with Gasteiger partial charge in [0.2, 0.25) is 6.79 Å². The smallest absolute Gasteiger partial charge is 0.331 e. The average molecular weight is 476 g/mol. The first kappa shape index (κ1) is 21.9. The summed E-state index contributed by atoms with van der Waals surface area (Å²) in [6.07, 6.45) is 0. The first-order chi connectivity index (χ1) is 16.4. The Hall–Kier alpha value is -3.97. The predicted octanol–water partition coefficient (Wildman–Crippen LogP) is 3.89. The van der Waals surface area contributed by atoms with Gasteiger partial charge in [0.05, 0.1) is 17.4 Å². The summed E-state index contributed by atoms with van der Waals surface area (Å²) < 4.78 is 13.5. The number of aryl methyl sites for hydroxylation is 1. The molecule has 0 radical (unpaired) electrons. The Bertz CT molecular complexity index is 1540. The van der Waals surface area contributed by atoms with E-state index in [4.69, 9.17) is 21.1 Å². The van der Waals surface area contributed by atoms with E-state index in [1.165, 1.54) is 9.13 Å². The van der Waals surface area contributed by atoms with Crippen molar-refractivity contribution >= 4 is 28.2 Å². The van der Waals surface area contributed by atoms with E-state index in [0.717, 1.165) is 28.2 Å². The molecule has 0 amide bonds. The van der Waals surface area contributed by atoms with Crippen LogP contribution in [0.2, 0.25) is 5.02 Å². The molecule has 172 valence electrons. The zero-order valence-corrected chi connectivity index (χ0v) is 19.3. The minimum Gasteiger partial charge on any atom is -0.454 e. The van der Waals surface area contributed by atoms with Crippen molar-refractivity contribution < 1.29 is 9.47 Å². The third-order valence-electron chi connectivity index (χ3n) is 5.90. The van der Waals surface area contributed by atoms with E-state index in [0.29, 0.717) is 28.2 Å². The quantitative estimate of drug-likeness (QED) is 0.458. The molecule has 1 aromatic heterocycles. The molecule has 0 saturated heterocycles. The summed E-state index contributed by atoms with van der Waals surface area (Å²) in [5.41, 5.74) is 3.10. The van der Waals surface area contributed by atoms with Crippen molar-refractivity contribution in [1.82, 2.24) is 14.5 Å². The second kappa shape index (κ2) is 8.76. The Labute approximate surface area is 200 Å². The van der Waals surface area contributed by atoms with Crippen LogP contribution in [0.5, 0.6) is 11.5 Å². The summed E-state index contributed by atoms with van der Waals surface area (Å²) in [5, 5.41) is 4.34. The number of hydrogen-bond acceptors (Lipinski definition) is 5. The Kier molecular flexibility index (Phi) is 5.63. The fraction of sp³-hybridized carbons (Fsp3) is 0.154. The standard InChI is InChI=1S/C26H22ClN3O4/c1-16(28-13-18-5-10-23-24(11-18)34-15-33-23)19-6-9-22-21(12-19)25(31)30(26(32)29(22)2)14-17-3-7-20(27)8-4-17/h3-12,28H,1,13-15H2,2H3. The third kappa shape index (κ3) is 4.06. The molecule has 1 N–H and O–H groups in total. The van der Waals surface area contributed by atoms with Crippen molar-refractivity contribution in [1.29, 1.82) is 0 Å². The van der Waals surface area contributed by atoms with Gasteiger partial charge in [0, 0.05) is 24.3 Å². The van der Waals surface area contributed by atoms with Crippen molar-refractivity contribution in [2.75, 3.05) is 6.79 Å². The SMILES string of the molecule is C=C(NCc1ccc2c(c1)OCO2)c1ccc2c(c1)c(=O)n(Cc1ccc(Cl)cc1)c(=O)n2C. The van der Waals surface area contributed by atoms with Crippen LogP contribution in [0, 0.1) is 0 Å². The number of benzene rings is 3. The summed E-state index contributed by atoms with van der Waals surface area (Å²) in [4.78, 5) is 26.2. The topological polar surface area (TPSA) is 74.5 Å². The Balaban J connectivity index is 1.43. The molecule has 0 fully saturated rings. The summed E-state index contributed by atoms with van der Waals surface area (Å²) in [6, 6.07) is 18.2. The summed E-state index contributed by atoms with van der Waals surface area (Å²) in [6.45, 7) is 5.05. The summed E-state index contributed by atoms with van der Waals surface area (Å²) in [5.74, 6) is 1.45. The van der Waals surface area contributed by atoms with Gasteiger partial charge >= 0.3 is 5.69 Å². The lowest BCUT2D eigenvalue weighted by Crippen LogP contribution is -2.39. The van der Waals surface area contributed by atoms with Crippen LogP contribution >= 0.6 is 11.6 Å². The Morgan fingerprint density at radius 2 is 1.74 bits per heavy atom. The minimum atomic E-state index is -0.375. The molecule has 4 aromatic rings. The lowest BCUT2D eigenvalue weighted by atomic mass is 10.1. The van der Waals surface area contributed by atoms with E-state index >= 15 is 0 Å². The van der Waals surface area contributed by atoms with E-state index in [9.17, 15) is 9.59 Å². The second-order valence-electron chi connectivity index (χ2n) is 8.11. The molecule has 7 nitrogen and oxygen atoms in total. The molecule has 1 aliphatic rings. The van der Waals surface area contributed by atoms with Crippen LogP contribution in [0.3, 0.4) is 0 Å². The molecule has 8 heteroatoms. The number of nitrogens with one attached hydrogen (secondary N) is 1. The molecule has 0 spiro atoms. The highest BCUT2D eigenvalue weighted by atomic mass is 35.5. The van der Waals surface area contributed by atoms with Crippen LogP contribution in [0.4, 0.5) is 0 Å². The van der Waals surface area contributed by atoms with Crippen molar-refractivity contribution in [3.63, 3.8) is 0 Å². The fourth-order valence-corrected chi connectivity index (χ4v) is 4.10. The van der Waals surface area contributed by atoms with Crippen molar-refractivity contribution in [2.24, 2.45) is 7.05 Å². The average Bonchev–Trinajstić information content (AvgIpc) is 3.32. The fourth-order valence-electron chi connectivity index (χ4n) is 3.98. The molecule has 0 bridgehead atoms. The normalized spacial score (nSPS) is 12.2. The highest BCUT2D eigenvalue weighted by Gasteiger charge is 2.15. The van der Waals surface area contributed by atoms with E-state index in [1.54, 1.807) is 43.4 Å². The van der Waals surface area contributed by atoms with Crippen LogP contribution in [0.1, 0.15) is 16.7 Å². The lowest BCUT2D eigenvalue weighted by molar-refractivity contribution is 0.174. The van der Waals surface area contributed by atoms with Gasteiger partial charge < -0.3 is 14.8 Å². The van der Waals surface area contributed by atoms with Crippen LogP contribution in [0.25, 0.3) is 16.6 Å². The molecule has 0 unspecified atom stereocenters. The summed E-state index contributed by atoms with van der Waals surface area (Å²) in [7, 11) is 1.66. The minimum absolute atomic E-state index is 0.159. The van der Waals surface area contributed by atoms with E-state index in [2.05, 4.69) is 11.9 Å². The number of fused-ring (bicyclic) bond motifs is 2.